The number of benzene rings is 1. The number of anilines is 1. The summed E-state index contributed by atoms with van der Waals surface area (Å²) >= 11 is 0. The maximum atomic E-state index is 12.7. The molecule has 0 aliphatic heterocycles. The molecule has 0 atom stereocenters. The van der Waals surface area contributed by atoms with Gasteiger partial charge in [0.05, 0.1) is 12.8 Å². The number of nitrogen functional groups attached to an aromatic ring is 1. The smallest absolute Gasteiger partial charge is 0.245 e. The van der Waals surface area contributed by atoms with E-state index in [0.29, 0.717) is 25.4 Å². The molecule has 2 N–H and O–H groups in total. The molecule has 0 aliphatic rings. The minimum absolute atomic E-state index is 0.135. The number of hydrogen-bond donors (Lipinski definition) is 1. The van der Waals surface area contributed by atoms with Gasteiger partial charge in [0.1, 0.15) is 10.6 Å². The Kier molecular flexibility index (Phi) is 6.44. The molecule has 0 saturated heterocycles. The van der Waals surface area contributed by atoms with Gasteiger partial charge in [0.25, 0.3) is 0 Å². The lowest BCUT2D eigenvalue weighted by Gasteiger charge is -2.24. The zero-order valence-electron chi connectivity index (χ0n) is 13.2. The molecular formula is C14H25N3O3S. The minimum Gasteiger partial charge on any atom is -0.497 e. The summed E-state index contributed by atoms with van der Waals surface area (Å²) in [5.41, 5.74) is 6.09. The van der Waals surface area contributed by atoms with E-state index in [1.54, 1.807) is 6.07 Å². The minimum atomic E-state index is -3.59. The van der Waals surface area contributed by atoms with Crippen molar-refractivity contribution in [3.05, 3.63) is 18.2 Å². The number of ether oxygens (including phenoxy) is 1. The predicted octanol–water partition coefficient (Wildman–Crippen LogP) is 1.24. The summed E-state index contributed by atoms with van der Waals surface area (Å²) in [5.74, 6) is 0.543. The van der Waals surface area contributed by atoms with Crippen LogP contribution in [0.4, 0.5) is 5.69 Å². The Morgan fingerprint density at radius 1 is 1.19 bits per heavy atom. The number of rotatable bonds is 8. The molecule has 0 saturated carbocycles. The van der Waals surface area contributed by atoms with Crippen molar-refractivity contribution < 1.29 is 13.2 Å². The highest BCUT2D eigenvalue weighted by atomic mass is 32.2. The van der Waals surface area contributed by atoms with Crippen molar-refractivity contribution in [2.75, 3.05) is 46.6 Å². The number of likely N-dealkylation sites (N-methyl/N-ethyl adjacent to an activating group) is 1. The first-order valence-electron chi connectivity index (χ1n) is 6.91. The molecule has 0 radical (unpaired) electrons. The van der Waals surface area contributed by atoms with E-state index in [1.807, 2.05) is 25.9 Å². The predicted molar refractivity (Wildman–Crippen MR) is 85.0 cm³/mol. The van der Waals surface area contributed by atoms with E-state index in [4.69, 9.17) is 10.5 Å². The van der Waals surface area contributed by atoms with E-state index in [-0.39, 0.29) is 10.6 Å². The van der Waals surface area contributed by atoms with Crippen LogP contribution >= 0.6 is 0 Å². The van der Waals surface area contributed by atoms with E-state index in [2.05, 4.69) is 0 Å². The molecule has 7 heteroatoms. The van der Waals surface area contributed by atoms with Gasteiger partial charge in [-0.2, -0.15) is 4.31 Å². The Bertz CT molecular complexity index is 559. The third-order valence-corrected chi connectivity index (χ3v) is 5.08. The highest BCUT2D eigenvalue weighted by molar-refractivity contribution is 7.89. The SMILES string of the molecule is CCCN(CCN(C)C)S(=O)(=O)c1ccc(OC)cc1N. The van der Waals surface area contributed by atoms with Crippen molar-refractivity contribution in [2.24, 2.45) is 0 Å². The fraction of sp³-hybridized carbons (Fsp3) is 0.571. The van der Waals surface area contributed by atoms with Crippen LogP contribution in [0.5, 0.6) is 5.75 Å². The van der Waals surface area contributed by atoms with E-state index >= 15 is 0 Å². The third kappa shape index (κ3) is 4.59. The Balaban J connectivity index is 3.10. The molecule has 6 nitrogen and oxygen atoms in total. The number of nitrogens with two attached hydrogens (primary N) is 1. The normalized spacial score (nSPS) is 12.1. The molecule has 120 valence electrons. The zero-order valence-corrected chi connectivity index (χ0v) is 14.0. The number of methoxy groups -OCH3 is 1. The van der Waals surface area contributed by atoms with Gasteiger partial charge >= 0.3 is 0 Å². The molecular weight excluding hydrogens is 290 g/mol. The van der Waals surface area contributed by atoms with Crippen LogP contribution in [-0.4, -0.2) is 58.5 Å². The molecule has 0 aliphatic carbocycles. The van der Waals surface area contributed by atoms with Crippen LogP contribution in [0.3, 0.4) is 0 Å². The quantitative estimate of drug-likeness (QED) is 0.731. The van der Waals surface area contributed by atoms with Crippen LogP contribution in [-0.2, 0) is 10.0 Å². The molecule has 0 bridgehead atoms. The second-order valence-corrected chi connectivity index (χ2v) is 7.02. The first-order valence-corrected chi connectivity index (χ1v) is 8.35. The number of nitrogens with zero attached hydrogens (tertiary/aromatic N) is 2. The Labute approximate surface area is 127 Å². The Morgan fingerprint density at radius 2 is 1.86 bits per heavy atom. The maximum Gasteiger partial charge on any atom is 0.245 e. The maximum absolute atomic E-state index is 12.7. The average Bonchev–Trinajstić information content (AvgIpc) is 2.42. The average molecular weight is 315 g/mol. The highest BCUT2D eigenvalue weighted by Gasteiger charge is 2.26. The van der Waals surface area contributed by atoms with Gasteiger partial charge in [-0.1, -0.05) is 6.92 Å². The van der Waals surface area contributed by atoms with Gasteiger partial charge in [0.15, 0.2) is 0 Å². The summed E-state index contributed by atoms with van der Waals surface area (Å²) in [4.78, 5) is 2.09. The van der Waals surface area contributed by atoms with E-state index in [1.165, 1.54) is 23.5 Å². The zero-order chi connectivity index (χ0) is 16.0. The van der Waals surface area contributed by atoms with Gasteiger partial charge in [-0.05, 0) is 32.6 Å². The van der Waals surface area contributed by atoms with Crippen molar-refractivity contribution in [1.82, 2.24) is 9.21 Å². The van der Waals surface area contributed by atoms with Gasteiger partial charge < -0.3 is 15.4 Å². The van der Waals surface area contributed by atoms with Crippen molar-refractivity contribution in [2.45, 2.75) is 18.2 Å². The molecule has 0 heterocycles. The van der Waals surface area contributed by atoms with Gasteiger partial charge in [0, 0.05) is 25.7 Å². The second-order valence-electron chi connectivity index (χ2n) is 5.11. The topological polar surface area (TPSA) is 75.9 Å². The van der Waals surface area contributed by atoms with Crippen molar-refractivity contribution in [3.8, 4) is 5.75 Å². The van der Waals surface area contributed by atoms with Gasteiger partial charge in [0.2, 0.25) is 10.0 Å². The Morgan fingerprint density at radius 3 is 2.33 bits per heavy atom. The number of hydrogen-bond acceptors (Lipinski definition) is 5. The lowest BCUT2D eigenvalue weighted by atomic mass is 10.3. The van der Waals surface area contributed by atoms with Crippen molar-refractivity contribution >= 4 is 15.7 Å². The van der Waals surface area contributed by atoms with Crippen LogP contribution in [0.1, 0.15) is 13.3 Å². The van der Waals surface area contributed by atoms with E-state index in [9.17, 15) is 8.42 Å². The molecule has 1 aromatic rings. The summed E-state index contributed by atoms with van der Waals surface area (Å²) in [6.45, 7) is 3.53. The summed E-state index contributed by atoms with van der Waals surface area (Å²) in [6, 6.07) is 4.64. The van der Waals surface area contributed by atoms with Gasteiger partial charge in [-0.3, -0.25) is 0 Å². The third-order valence-electron chi connectivity index (χ3n) is 3.10. The largest absolute Gasteiger partial charge is 0.497 e. The lowest BCUT2D eigenvalue weighted by molar-refractivity contribution is 0.333. The molecule has 1 aromatic carbocycles. The fourth-order valence-corrected chi connectivity index (χ4v) is 3.56. The number of sulfonamides is 1. The second kappa shape index (κ2) is 7.63. The van der Waals surface area contributed by atoms with Crippen molar-refractivity contribution in [3.63, 3.8) is 0 Å². The van der Waals surface area contributed by atoms with Crippen LogP contribution in [0.25, 0.3) is 0 Å². The first-order chi connectivity index (χ1) is 9.82. The van der Waals surface area contributed by atoms with Gasteiger partial charge in [-0.15, -0.1) is 0 Å². The molecule has 0 aromatic heterocycles. The van der Waals surface area contributed by atoms with Crippen LogP contribution < -0.4 is 10.5 Å². The monoisotopic (exact) mass is 315 g/mol. The summed E-state index contributed by atoms with van der Waals surface area (Å²) < 4.78 is 32.0. The molecule has 0 spiro atoms. The van der Waals surface area contributed by atoms with Gasteiger partial charge in [-0.25, -0.2) is 8.42 Å². The molecule has 0 fully saturated rings. The molecule has 0 unspecified atom stereocenters. The summed E-state index contributed by atoms with van der Waals surface area (Å²) in [5, 5.41) is 0. The Hall–Kier alpha value is -1.31. The molecule has 21 heavy (non-hydrogen) atoms. The standard InChI is InChI=1S/C14H25N3O3S/c1-5-8-17(10-9-16(2)3)21(18,19)14-7-6-12(20-4)11-13(14)15/h6-7,11H,5,8-10,15H2,1-4H3. The summed E-state index contributed by atoms with van der Waals surface area (Å²) in [6.07, 6.45) is 0.753. The van der Waals surface area contributed by atoms with Crippen molar-refractivity contribution in [1.29, 1.82) is 0 Å². The lowest BCUT2D eigenvalue weighted by Crippen LogP contribution is -2.37. The summed E-state index contributed by atoms with van der Waals surface area (Å²) in [7, 11) is 1.76. The first kappa shape index (κ1) is 17.7. The van der Waals surface area contributed by atoms with Crippen LogP contribution in [0.15, 0.2) is 23.1 Å². The van der Waals surface area contributed by atoms with E-state index < -0.39 is 10.0 Å². The molecule has 1 rings (SSSR count). The highest BCUT2D eigenvalue weighted by Crippen LogP contribution is 2.26. The molecule has 0 amide bonds. The van der Waals surface area contributed by atoms with E-state index in [0.717, 1.165) is 6.42 Å². The van der Waals surface area contributed by atoms with Crippen LogP contribution in [0.2, 0.25) is 0 Å². The van der Waals surface area contributed by atoms with Crippen LogP contribution in [0, 0.1) is 0 Å². The fourth-order valence-electron chi connectivity index (χ4n) is 1.94.